The Labute approximate surface area is 128 Å². The van der Waals surface area contributed by atoms with E-state index in [2.05, 4.69) is 9.27 Å². The molecule has 1 aromatic heterocycles. The van der Waals surface area contributed by atoms with Crippen LogP contribution in [0, 0.1) is 5.92 Å². The standard InChI is InChI=1S/C8H12N4O6S3/c1-4-2-11-7(13)5(6(9)10-8(11)19-3-4)12(20-14)18-21(15,16)17/h4,14H,2-3,9H2,1H3,(H,15,16,17). The summed E-state index contributed by atoms with van der Waals surface area (Å²) in [7, 11) is -4.94. The van der Waals surface area contributed by atoms with Crippen molar-refractivity contribution < 1.29 is 21.8 Å². The number of rotatable bonds is 4. The van der Waals surface area contributed by atoms with Gasteiger partial charge in [-0.25, -0.2) is 4.98 Å². The zero-order valence-corrected chi connectivity index (χ0v) is 13.1. The molecular formula is C8H12N4O6S3. The number of nitrogen functional groups attached to an aromatic ring is 1. The topological polar surface area (TPSA) is 148 Å². The minimum absolute atomic E-state index is 0.192. The van der Waals surface area contributed by atoms with Crippen LogP contribution in [0.4, 0.5) is 11.5 Å². The average molecular weight is 356 g/mol. The molecule has 21 heavy (non-hydrogen) atoms. The fraction of sp³-hybridized carbons (Fsp3) is 0.500. The third-order valence-corrected chi connectivity index (χ3v) is 4.69. The van der Waals surface area contributed by atoms with E-state index < -0.39 is 21.6 Å². The van der Waals surface area contributed by atoms with E-state index in [1.807, 2.05) is 6.92 Å². The summed E-state index contributed by atoms with van der Waals surface area (Å²) in [6, 6.07) is 0. The first-order valence-electron chi connectivity index (χ1n) is 5.54. The molecule has 10 nitrogen and oxygen atoms in total. The Bertz CT molecular complexity index is 705. The molecule has 1 aliphatic heterocycles. The van der Waals surface area contributed by atoms with Crippen molar-refractivity contribution in [3.63, 3.8) is 0 Å². The summed E-state index contributed by atoms with van der Waals surface area (Å²) in [4.78, 5) is 16.4. The number of hydrogen-bond acceptors (Lipinski definition) is 10. The molecule has 0 aliphatic carbocycles. The number of aromatic nitrogens is 2. The van der Waals surface area contributed by atoms with Gasteiger partial charge in [0.2, 0.25) is 0 Å². The fourth-order valence-corrected chi connectivity index (χ4v) is 3.60. The molecule has 0 spiro atoms. The molecule has 1 aromatic rings. The summed E-state index contributed by atoms with van der Waals surface area (Å²) in [6.45, 7) is 2.31. The molecule has 0 saturated heterocycles. The van der Waals surface area contributed by atoms with Crippen LogP contribution >= 0.6 is 24.0 Å². The molecule has 118 valence electrons. The number of anilines is 2. The van der Waals surface area contributed by atoms with Crippen molar-refractivity contribution in [1.29, 1.82) is 0 Å². The monoisotopic (exact) mass is 356 g/mol. The number of hydrogen-bond donors (Lipinski definition) is 3. The molecule has 0 amide bonds. The van der Waals surface area contributed by atoms with Gasteiger partial charge in [0.1, 0.15) is 12.2 Å². The highest BCUT2D eigenvalue weighted by atomic mass is 32.3. The average Bonchev–Trinajstić information content (AvgIpc) is 2.37. The van der Waals surface area contributed by atoms with E-state index >= 15 is 0 Å². The Morgan fingerprint density at radius 2 is 2.29 bits per heavy atom. The molecule has 1 atom stereocenters. The highest BCUT2D eigenvalue weighted by Crippen LogP contribution is 2.30. The van der Waals surface area contributed by atoms with E-state index in [1.54, 1.807) is 0 Å². The Morgan fingerprint density at radius 1 is 1.62 bits per heavy atom. The van der Waals surface area contributed by atoms with Crippen molar-refractivity contribution in [3.8, 4) is 0 Å². The largest absolute Gasteiger partial charge is 0.419 e. The summed E-state index contributed by atoms with van der Waals surface area (Å²) < 4.78 is 44.8. The SMILES string of the molecule is CC1CSc2nc(N)c(N(OS(=O)(=O)O)SO)c(=O)n2C1. The molecule has 2 heterocycles. The van der Waals surface area contributed by atoms with Crippen molar-refractivity contribution in [2.24, 2.45) is 5.92 Å². The summed E-state index contributed by atoms with van der Waals surface area (Å²) in [5.41, 5.74) is 4.45. The lowest BCUT2D eigenvalue weighted by Crippen LogP contribution is -2.35. The second kappa shape index (κ2) is 6.02. The third-order valence-electron chi connectivity index (χ3n) is 2.55. The zero-order valence-electron chi connectivity index (χ0n) is 10.7. The van der Waals surface area contributed by atoms with E-state index in [0.717, 1.165) is 5.75 Å². The maximum Gasteiger partial charge on any atom is 0.419 e. The highest BCUT2D eigenvalue weighted by Gasteiger charge is 2.28. The second-order valence-electron chi connectivity index (χ2n) is 4.30. The second-order valence-corrected chi connectivity index (χ2v) is 6.79. The Hall–Kier alpha value is -0.990. The summed E-state index contributed by atoms with van der Waals surface area (Å²) in [5.74, 6) is 0.653. The van der Waals surface area contributed by atoms with Gasteiger partial charge < -0.3 is 10.3 Å². The molecule has 1 aliphatic rings. The fourth-order valence-electron chi connectivity index (χ4n) is 1.74. The Morgan fingerprint density at radius 3 is 2.86 bits per heavy atom. The van der Waals surface area contributed by atoms with Gasteiger partial charge in [0.05, 0.1) is 0 Å². The smallest absolute Gasteiger partial charge is 0.382 e. The number of nitrogens with zero attached hydrogens (tertiary/aromatic N) is 3. The summed E-state index contributed by atoms with van der Waals surface area (Å²) >= 11 is 1.10. The van der Waals surface area contributed by atoms with Crippen molar-refractivity contribution in [2.75, 3.05) is 16.0 Å². The summed E-state index contributed by atoms with van der Waals surface area (Å²) in [6.07, 6.45) is 0. The number of nitrogens with two attached hydrogens (primary N) is 1. The number of thioether (sulfide) groups is 1. The van der Waals surface area contributed by atoms with Gasteiger partial charge in [0.25, 0.3) is 5.56 Å². The minimum atomic E-state index is -4.94. The van der Waals surface area contributed by atoms with E-state index in [1.165, 1.54) is 16.3 Å². The molecular weight excluding hydrogens is 344 g/mol. The predicted octanol–water partition coefficient (Wildman–Crippen LogP) is 0.229. The van der Waals surface area contributed by atoms with Gasteiger partial charge in [-0.3, -0.25) is 13.9 Å². The molecule has 4 N–H and O–H groups in total. The van der Waals surface area contributed by atoms with Crippen molar-refractivity contribution in [3.05, 3.63) is 10.4 Å². The Kier molecular flexibility index (Phi) is 4.69. The molecule has 0 saturated carbocycles. The van der Waals surface area contributed by atoms with Gasteiger partial charge in [-0.2, -0.15) is 8.42 Å². The van der Waals surface area contributed by atoms with Crippen LogP contribution in [0.1, 0.15) is 6.92 Å². The van der Waals surface area contributed by atoms with Crippen LogP contribution in [0.2, 0.25) is 0 Å². The first-order chi connectivity index (χ1) is 9.73. The van der Waals surface area contributed by atoms with Gasteiger partial charge in [-0.05, 0) is 5.92 Å². The molecule has 0 aromatic carbocycles. The normalized spacial score (nSPS) is 18.3. The van der Waals surface area contributed by atoms with E-state index in [4.69, 9.17) is 14.8 Å². The molecule has 1 unspecified atom stereocenters. The maximum atomic E-state index is 12.4. The van der Waals surface area contributed by atoms with Crippen LogP contribution in [0.5, 0.6) is 0 Å². The quantitative estimate of drug-likeness (QED) is 0.224. The van der Waals surface area contributed by atoms with Crippen LogP contribution in [0.25, 0.3) is 0 Å². The van der Waals surface area contributed by atoms with Crippen LogP contribution in [-0.2, 0) is 21.2 Å². The first kappa shape index (κ1) is 16.4. The van der Waals surface area contributed by atoms with E-state index in [9.17, 15) is 13.2 Å². The first-order valence-corrected chi connectivity index (χ1v) is 8.63. The van der Waals surface area contributed by atoms with Gasteiger partial charge in [0, 0.05) is 12.3 Å². The summed E-state index contributed by atoms with van der Waals surface area (Å²) in [5, 5.41) is 0.397. The lowest BCUT2D eigenvalue weighted by atomic mass is 10.2. The van der Waals surface area contributed by atoms with Gasteiger partial charge >= 0.3 is 10.4 Å². The number of fused-ring (bicyclic) bond motifs is 1. The van der Waals surface area contributed by atoms with Crippen molar-refractivity contribution in [1.82, 2.24) is 9.55 Å². The maximum absolute atomic E-state index is 12.4. The molecule has 0 radical (unpaired) electrons. The lowest BCUT2D eigenvalue weighted by Gasteiger charge is -2.24. The van der Waals surface area contributed by atoms with E-state index in [0.29, 0.717) is 11.7 Å². The van der Waals surface area contributed by atoms with Crippen LogP contribution in [0.15, 0.2) is 9.95 Å². The molecule has 2 rings (SSSR count). The molecule has 0 fully saturated rings. The van der Waals surface area contributed by atoms with Crippen LogP contribution in [-0.4, -0.2) is 32.8 Å². The molecule has 0 bridgehead atoms. The van der Waals surface area contributed by atoms with Gasteiger partial charge in [0.15, 0.2) is 16.7 Å². The minimum Gasteiger partial charge on any atom is -0.382 e. The van der Waals surface area contributed by atoms with Gasteiger partial charge in [-0.1, -0.05) is 18.7 Å². The lowest BCUT2D eigenvalue weighted by molar-refractivity contribution is 0.284. The van der Waals surface area contributed by atoms with Crippen molar-refractivity contribution in [2.45, 2.75) is 18.6 Å². The zero-order chi connectivity index (χ0) is 15.8. The molecule has 13 heteroatoms. The van der Waals surface area contributed by atoms with E-state index in [-0.39, 0.29) is 28.4 Å². The predicted molar refractivity (Wildman–Crippen MR) is 78.1 cm³/mol. The Balaban J connectivity index is 2.53. The van der Waals surface area contributed by atoms with Gasteiger partial charge in [-0.15, -0.1) is 8.75 Å². The van der Waals surface area contributed by atoms with Crippen LogP contribution < -0.4 is 15.8 Å². The van der Waals surface area contributed by atoms with Crippen molar-refractivity contribution >= 4 is 45.9 Å². The third kappa shape index (κ3) is 3.61. The van der Waals surface area contributed by atoms with Crippen LogP contribution in [0.3, 0.4) is 0 Å². The highest BCUT2D eigenvalue weighted by molar-refractivity contribution is 7.99.